The predicted octanol–water partition coefficient (Wildman–Crippen LogP) is 0.640. The molecule has 118 valence electrons. The maximum Gasteiger partial charge on any atom is 0.332 e. The summed E-state index contributed by atoms with van der Waals surface area (Å²) < 4.78 is 3.37. The van der Waals surface area contributed by atoms with Crippen LogP contribution in [0, 0.1) is 0 Å². The van der Waals surface area contributed by atoms with Crippen molar-refractivity contribution in [3.8, 4) is 5.69 Å². The van der Waals surface area contributed by atoms with Gasteiger partial charge in [0.05, 0.1) is 11.4 Å². The van der Waals surface area contributed by atoms with Gasteiger partial charge in [-0.25, -0.2) is 9.78 Å². The lowest BCUT2D eigenvalue weighted by Gasteiger charge is -2.20. The first-order chi connectivity index (χ1) is 11.2. The molecule has 1 aliphatic heterocycles. The fourth-order valence-electron chi connectivity index (χ4n) is 3.08. The van der Waals surface area contributed by atoms with E-state index in [0.717, 1.165) is 37.3 Å². The van der Waals surface area contributed by atoms with Crippen LogP contribution in [0.25, 0.3) is 11.3 Å². The van der Waals surface area contributed by atoms with Crippen LogP contribution in [0.5, 0.6) is 0 Å². The van der Waals surface area contributed by atoms with Crippen molar-refractivity contribution in [2.45, 2.75) is 18.8 Å². The van der Waals surface area contributed by atoms with Crippen molar-refractivity contribution in [2.75, 3.05) is 13.1 Å². The maximum atomic E-state index is 11.9. The Morgan fingerprint density at radius 1 is 1.13 bits per heavy atom. The Bertz CT molecular complexity index is 962. The van der Waals surface area contributed by atoms with E-state index in [0.29, 0.717) is 11.6 Å². The van der Waals surface area contributed by atoms with E-state index < -0.39 is 11.2 Å². The molecule has 2 N–H and O–H groups in total. The van der Waals surface area contributed by atoms with Crippen LogP contribution in [0.2, 0.25) is 0 Å². The normalized spacial score (nSPS) is 16.0. The van der Waals surface area contributed by atoms with E-state index in [9.17, 15) is 9.59 Å². The summed E-state index contributed by atoms with van der Waals surface area (Å²) in [5.74, 6) is 0.482. The number of hydrogen-bond donors (Lipinski definition) is 2. The Balaban J connectivity index is 1.75. The summed E-state index contributed by atoms with van der Waals surface area (Å²) in [7, 11) is 0. The highest BCUT2D eigenvalue weighted by atomic mass is 16.2. The van der Waals surface area contributed by atoms with E-state index in [-0.39, 0.29) is 0 Å². The fraction of sp³-hybridized carbons (Fsp3) is 0.312. The Morgan fingerprint density at radius 3 is 2.74 bits per heavy atom. The molecule has 1 saturated heterocycles. The van der Waals surface area contributed by atoms with Gasteiger partial charge in [0.2, 0.25) is 0 Å². The number of aromatic amines is 1. The van der Waals surface area contributed by atoms with Gasteiger partial charge >= 0.3 is 5.69 Å². The lowest BCUT2D eigenvalue weighted by molar-refractivity contribution is 0.454. The van der Waals surface area contributed by atoms with E-state index in [1.165, 1.54) is 16.8 Å². The van der Waals surface area contributed by atoms with Crippen molar-refractivity contribution in [1.82, 2.24) is 24.3 Å². The van der Waals surface area contributed by atoms with Crippen LogP contribution in [0.15, 0.2) is 46.4 Å². The number of hydrogen-bond acceptors (Lipinski definition) is 4. The molecule has 0 saturated carbocycles. The molecule has 3 aromatic heterocycles. The minimum atomic E-state index is -0.452. The van der Waals surface area contributed by atoms with Gasteiger partial charge in [0.25, 0.3) is 5.56 Å². The number of nitrogens with one attached hydrogen (secondary N) is 2. The zero-order chi connectivity index (χ0) is 15.8. The van der Waals surface area contributed by atoms with Crippen LogP contribution < -0.4 is 16.6 Å². The lowest BCUT2D eigenvalue weighted by Crippen LogP contribution is -2.27. The molecule has 0 radical (unpaired) electrons. The highest BCUT2D eigenvalue weighted by molar-refractivity contribution is 5.49. The summed E-state index contributed by atoms with van der Waals surface area (Å²) in [5, 5.41) is 3.36. The molecule has 0 bridgehead atoms. The standard InChI is InChI=1S/C16H17N5O2/c22-15-4-8-21(16(23)19-15)12-3-7-20-10-13(18-14(20)9-12)11-1-5-17-6-2-11/h3-4,7-11,17H,1-2,5-6H2,(H,19,22,23). The molecule has 0 aliphatic carbocycles. The van der Waals surface area contributed by atoms with Crippen molar-refractivity contribution in [3.63, 3.8) is 0 Å². The molecule has 0 atom stereocenters. The third-order valence-electron chi connectivity index (χ3n) is 4.32. The molecule has 7 heteroatoms. The third kappa shape index (κ3) is 2.59. The molecule has 1 aliphatic rings. The molecule has 7 nitrogen and oxygen atoms in total. The minimum Gasteiger partial charge on any atom is -0.317 e. The highest BCUT2D eigenvalue weighted by Gasteiger charge is 2.18. The van der Waals surface area contributed by atoms with Crippen molar-refractivity contribution in [3.05, 3.63) is 63.3 Å². The van der Waals surface area contributed by atoms with Crippen molar-refractivity contribution in [1.29, 1.82) is 0 Å². The molecule has 0 unspecified atom stereocenters. The maximum absolute atomic E-state index is 11.9. The summed E-state index contributed by atoms with van der Waals surface area (Å²) in [4.78, 5) is 30.1. The molecule has 1 fully saturated rings. The number of fused-ring (bicyclic) bond motifs is 1. The second kappa shape index (κ2) is 5.51. The van der Waals surface area contributed by atoms with Gasteiger partial charge in [0, 0.05) is 36.6 Å². The lowest BCUT2D eigenvalue weighted by atomic mass is 9.95. The Hall–Kier alpha value is -2.67. The van der Waals surface area contributed by atoms with Crippen LogP contribution in [0.3, 0.4) is 0 Å². The van der Waals surface area contributed by atoms with E-state index in [1.54, 1.807) is 0 Å². The Kier molecular flexibility index (Phi) is 3.34. The van der Waals surface area contributed by atoms with Crippen molar-refractivity contribution >= 4 is 5.65 Å². The van der Waals surface area contributed by atoms with Crippen LogP contribution >= 0.6 is 0 Å². The Labute approximate surface area is 131 Å². The second-order valence-corrected chi connectivity index (χ2v) is 5.82. The monoisotopic (exact) mass is 311 g/mol. The topological polar surface area (TPSA) is 84.2 Å². The molecular formula is C16H17N5O2. The average Bonchev–Trinajstić information content (AvgIpc) is 2.99. The summed E-state index contributed by atoms with van der Waals surface area (Å²) in [6.07, 6.45) is 7.61. The molecule has 4 rings (SSSR count). The van der Waals surface area contributed by atoms with E-state index in [1.807, 2.05) is 22.7 Å². The molecule has 0 aromatic carbocycles. The number of imidazole rings is 1. The van der Waals surface area contributed by atoms with Gasteiger partial charge in [-0.15, -0.1) is 0 Å². The van der Waals surface area contributed by atoms with Gasteiger partial charge in [-0.1, -0.05) is 0 Å². The van der Waals surface area contributed by atoms with Crippen LogP contribution in [0.1, 0.15) is 24.5 Å². The summed E-state index contributed by atoms with van der Waals surface area (Å²) in [5.41, 5.74) is 1.72. The van der Waals surface area contributed by atoms with Crippen LogP contribution in [0.4, 0.5) is 0 Å². The first-order valence-corrected chi connectivity index (χ1v) is 7.72. The first kappa shape index (κ1) is 14.0. The Morgan fingerprint density at radius 2 is 1.96 bits per heavy atom. The van der Waals surface area contributed by atoms with E-state index in [4.69, 9.17) is 4.98 Å². The SMILES string of the molecule is O=c1ccn(-c2ccn3cc(C4CCNCC4)nc3c2)c(=O)[nH]1. The van der Waals surface area contributed by atoms with Gasteiger partial charge in [-0.2, -0.15) is 0 Å². The summed E-state index contributed by atoms with van der Waals surface area (Å²) >= 11 is 0. The third-order valence-corrected chi connectivity index (χ3v) is 4.32. The minimum absolute atomic E-state index is 0.402. The highest BCUT2D eigenvalue weighted by Crippen LogP contribution is 2.25. The first-order valence-electron chi connectivity index (χ1n) is 7.72. The van der Waals surface area contributed by atoms with Gasteiger partial charge in [-0.05, 0) is 32.0 Å². The largest absolute Gasteiger partial charge is 0.332 e. The van der Waals surface area contributed by atoms with Gasteiger partial charge in [-0.3, -0.25) is 14.3 Å². The van der Waals surface area contributed by atoms with Gasteiger partial charge in [0.15, 0.2) is 0 Å². The molecule has 0 spiro atoms. The number of pyridine rings is 1. The van der Waals surface area contributed by atoms with Crippen molar-refractivity contribution < 1.29 is 0 Å². The quantitative estimate of drug-likeness (QED) is 0.727. The summed E-state index contributed by atoms with van der Waals surface area (Å²) in [6.45, 7) is 2.05. The molecule has 23 heavy (non-hydrogen) atoms. The van der Waals surface area contributed by atoms with Crippen molar-refractivity contribution in [2.24, 2.45) is 0 Å². The second-order valence-electron chi connectivity index (χ2n) is 5.82. The molecule has 3 aromatic rings. The molecule has 4 heterocycles. The number of piperidine rings is 1. The van der Waals surface area contributed by atoms with Crippen LogP contribution in [-0.2, 0) is 0 Å². The molecule has 0 amide bonds. The number of nitrogens with zero attached hydrogens (tertiary/aromatic N) is 3. The zero-order valence-corrected chi connectivity index (χ0v) is 12.5. The predicted molar refractivity (Wildman–Crippen MR) is 86.3 cm³/mol. The summed E-state index contributed by atoms with van der Waals surface area (Å²) in [6, 6.07) is 5.02. The van der Waals surface area contributed by atoms with Gasteiger partial charge < -0.3 is 9.72 Å². The zero-order valence-electron chi connectivity index (χ0n) is 12.5. The number of rotatable bonds is 2. The average molecular weight is 311 g/mol. The smallest absolute Gasteiger partial charge is 0.317 e. The fourth-order valence-corrected chi connectivity index (χ4v) is 3.08. The number of aromatic nitrogens is 4. The van der Waals surface area contributed by atoms with E-state index >= 15 is 0 Å². The molecular weight excluding hydrogens is 294 g/mol. The van der Waals surface area contributed by atoms with Gasteiger partial charge in [0.1, 0.15) is 5.65 Å². The van der Waals surface area contributed by atoms with E-state index in [2.05, 4.69) is 16.5 Å². The van der Waals surface area contributed by atoms with Crippen LogP contribution in [-0.4, -0.2) is 32.0 Å². The number of H-pyrrole nitrogens is 1.